The van der Waals surface area contributed by atoms with E-state index in [4.69, 9.17) is 4.18 Å². The zero-order chi connectivity index (χ0) is 28.3. The van der Waals surface area contributed by atoms with Gasteiger partial charge in [0.05, 0.1) is 20.8 Å². The SMILES string of the molecule is CC(=O)Nc1ccc(S(=O)(=O)Oc2ccc(/C=C3\SC(=O)N(Cc4ccccc4[N+](=O)[O-])C3=O)cc2Br)cc1. The molecule has 0 spiro atoms. The monoisotopic (exact) mass is 631 g/mol. The summed E-state index contributed by atoms with van der Waals surface area (Å²) < 4.78 is 30.9. The molecule has 4 rings (SSSR count). The van der Waals surface area contributed by atoms with E-state index in [1.807, 2.05) is 0 Å². The van der Waals surface area contributed by atoms with Gasteiger partial charge >= 0.3 is 10.1 Å². The standard InChI is InChI=1S/C25H18BrN3O8S2/c1-15(30)27-18-7-9-19(10-8-18)39(35,36)37-22-11-6-16(12-20(22)26)13-23-24(31)28(25(32)38-23)14-17-4-2-3-5-21(17)29(33)34/h2-13H,14H2,1H3,(H,27,30)/b23-13-. The molecule has 1 fully saturated rings. The fraction of sp³-hybridized carbons (Fsp3) is 0.0800. The Hall–Kier alpha value is -4.01. The van der Waals surface area contributed by atoms with E-state index in [0.29, 0.717) is 23.0 Å². The molecule has 0 saturated carbocycles. The molecular formula is C25H18BrN3O8S2. The van der Waals surface area contributed by atoms with Gasteiger partial charge in [-0.3, -0.25) is 29.4 Å². The first-order valence-corrected chi connectivity index (χ1v) is 14.1. The molecule has 1 aliphatic heterocycles. The van der Waals surface area contributed by atoms with E-state index in [0.717, 1.165) is 4.90 Å². The van der Waals surface area contributed by atoms with Gasteiger partial charge in [-0.25, -0.2) is 0 Å². The van der Waals surface area contributed by atoms with Crippen LogP contribution in [0.1, 0.15) is 18.1 Å². The van der Waals surface area contributed by atoms with Crippen molar-refractivity contribution >= 4 is 72.3 Å². The van der Waals surface area contributed by atoms with Crippen LogP contribution in [0.4, 0.5) is 16.2 Å². The molecule has 200 valence electrons. The second-order valence-electron chi connectivity index (χ2n) is 8.09. The summed E-state index contributed by atoms with van der Waals surface area (Å²) >= 11 is 3.96. The molecule has 0 atom stereocenters. The zero-order valence-electron chi connectivity index (χ0n) is 20.0. The highest BCUT2D eigenvalue weighted by atomic mass is 79.9. The van der Waals surface area contributed by atoms with Gasteiger partial charge in [-0.2, -0.15) is 8.42 Å². The van der Waals surface area contributed by atoms with E-state index in [1.54, 1.807) is 6.07 Å². The fourth-order valence-electron chi connectivity index (χ4n) is 3.53. The van der Waals surface area contributed by atoms with Gasteiger partial charge in [0.15, 0.2) is 5.75 Å². The maximum absolute atomic E-state index is 12.9. The number of carbonyl (C=O) groups excluding carboxylic acids is 3. The van der Waals surface area contributed by atoms with Crippen molar-refractivity contribution in [1.29, 1.82) is 0 Å². The third-order valence-corrected chi connectivity index (χ3v) is 8.08. The number of hydrogen-bond acceptors (Lipinski definition) is 9. The highest BCUT2D eigenvalue weighted by Crippen LogP contribution is 2.36. The van der Waals surface area contributed by atoms with Crippen LogP contribution in [-0.4, -0.2) is 35.3 Å². The molecular weight excluding hydrogens is 614 g/mol. The smallest absolute Gasteiger partial charge is 0.339 e. The molecule has 14 heteroatoms. The number of thioether (sulfide) groups is 1. The minimum atomic E-state index is -4.19. The molecule has 0 radical (unpaired) electrons. The van der Waals surface area contributed by atoms with Crippen molar-refractivity contribution in [1.82, 2.24) is 4.90 Å². The van der Waals surface area contributed by atoms with Gasteiger partial charge < -0.3 is 9.50 Å². The summed E-state index contributed by atoms with van der Waals surface area (Å²) in [4.78, 5) is 48.1. The summed E-state index contributed by atoms with van der Waals surface area (Å²) in [5.74, 6) is -0.914. The first-order valence-electron chi connectivity index (χ1n) is 11.0. The molecule has 11 nitrogen and oxygen atoms in total. The number of nitro groups is 1. The number of hydrogen-bond donors (Lipinski definition) is 1. The molecule has 0 unspecified atom stereocenters. The molecule has 3 amide bonds. The lowest BCUT2D eigenvalue weighted by atomic mass is 10.1. The molecule has 3 aromatic rings. The van der Waals surface area contributed by atoms with Crippen LogP contribution in [0.15, 0.2) is 81.0 Å². The van der Waals surface area contributed by atoms with Crippen molar-refractivity contribution in [2.24, 2.45) is 0 Å². The van der Waals surface area contributed by atoms with Crippen molar-refractivity contribution < 1.29 is 31.9 Å². The third kappa shape index (κ3) is 6.53. The second-order valence-corrected chi connectivity index (χ2v) is 11.5. The Balaban J connectivity index is 1.50. The van der Waals surface area contributed by atoms with Gasteiger partial charge in [0.25, 0.3) is 16.8 Å². The first-order chi connectivity index (χ1) is 18.4. The lowest BCUT2D eigenvalue weighted by molar-refractivity contribution is -0.385. The minimum absolute atomic E-state index is 0.0115. The molecule has 0 bridgehead atoms. The molecule has 1 heterocycles. The second kappa shape index (κ2) is 11.4. The van der Waals surface area contributed by atoms with Crippen LogP contribution in [0.5, 0.6) is 5.75 Å². The van der Waals surface area contributed by atoms with Crippen LogP contribution in [0.25, 0.3) is 6.08 Å². The molecule has 1 aliphatic rings. The number of halogens is 1. The van der Waals surface area contributed by atoms with Gasteiger partial charge in [0.2, 0.25) is 5.91 Å². The van der Waals surface area contributed by atoms with E-state index in [2.05, 4.69) is 21.2 Å². The Morgan fingerprint density at radius 2 is 1.82 bits per heavy atom. The van der Waals surface area contributed by atoms with Crippen LogP contribution < -0.4 is 9.50 Å². The maximum Gasteiger partial charge on any atom is 0.339 e. The van der Waals surface area contributed by atoms with Crippen LogP contribution in [0, 0.1) is 10.1 Å². The lowest BCUT2D eigenvalue weighted by Gasteiger charge is -2.12. The van der Waals surface area contributed by atoms with Gasteiger partial charge in [-0.1, -0.05) is 24.3 Å². The van der Waals surface area contributed by atoms with Gasteiger partial charge in [0.1, 0.15) is 4.90 Å². The molecule has 1 saturated heterocycles. The summed E-state index contributed by atoms with van der Waals surface area (Å²) in [6.45, 7) is 1.08. The van der Waals surface area contributed by atoms with Gasteiger partial charge in [0, 0.05) is 24.2 Å². The first kappa shape index (κ1) is 28.0. The van der Waals surface area contributed by atoms with E-state index in [1.165, 1.54) is 73.7 Å². The van der Waals surface area contributed by atoms with Gasteiger partial charge in [-0.15, -0.1) is 0 Å². The van der Waals surface area contributed by atoms with Crippen LogP contribution in [0.3, 0.4) is 0 Å². The average molecular weight is 632 g/mol. The summed E-state index contributed by atoms with van der Waals surface area (Å²) in [5.41, 5.74) is 0.931. The van der Waals surface area contributed by atoms with Crippen LogP contribution >= 0.6 is 27.7 Å². The van der Waals surface area contributed by atoms with Crippen molar-refractivity contribution in [3.63, 3.8) is 0 Å². The average Bonchev–Trinajstić information content (AvgIpc) is 3.13. The Labute approximate surface area is 235 Å². The number of anilines is 1. The molecule has 1 N–H and O–H groups in total. The Bertz CT molecular complexity index is 1640. The van der Waals surface area contributed by atoms with E-state index in [-0.39, 0.29) is 43.7 Å². The Morgan fingerprint density at radius 3 is 2.46 bits per heavy atom. The number of amides is 3. The Kier molecular flexibility index (Phi) is 8.18. The third-order valence-electron chi connectivity index (χ3n) is 5.31. The maximum atomic E-state index is 12.9. The fourth-order valence-corrected chi connectivity index (χ4v) is 5.90. The highest BCUT2D eigenvalue weighted by molar-refractivity contribution is 9.10. The number of carbonyl (C=O) groups is 3. The molecule has 0 aromatic heterocycles. The summed E-state index contributed by atoms with van der Waals surface area (Å²) in [5, 5.41) is 13.2. The molecule has 3 aromatic carbocycles. The van der Waals surface area contributed by atoms with Crippen molar-refractivity contribution in [2.45, 2.75) is 18.4 Å². The number of para-hydroxylation sites is 1. The number of imide groups is 1. The summed E-state index contributed by atoms with van der Waals surface area (Å²) in [6.07, 6.45) is 1.45. The number of nitrogens with zero attached hydrogens (tertiary/aromatic N) is 2. The van der Waals surface area contributed by atoms with Crippen LogP contribution in [0.2, 0.25) is 0 Å². The predicted molar refractivity (Wildman–Crippen MR) is 147 cm³/mol. The predicted octanol–water partition coefficient (Wildman–Crippen LogP) is 5.32. The van der Waals surface area contributed by atoms with Crippen molar-refractivity contribution in [2.75, 3.05) is 5.32 Å². The normalized spacial score (nSPS) is 14.5. The highest BCUT2D eigenvalue weighted by Gasteiger charge is 2.36. The number of benzene rings is 3. The summed E-state index contributed by atoms with van der Waals surface area (Å²) in [6, 6.07) is 15.7. The van der Waals surface area contributed by atoms with Crippen molar-refractivity contribution in [3.05, 3.63) is 97.3 Å². The number of rotatable bonds is 8. The largest absolute Gasteiger partial charge is 0.378 e. The number of nitro benzene ring substituents is 1. The quantitative estimate of drug-likeness (QED) is 0.150. The molecule has 0 aliphatic carbocycles. The van der Waals surface area contributed by atoms with E-state index < -0.39 is 26.2 Å². The minimum Gasteiger partial charge on any atom is -0.378 e. The lowest BCUT2D eigenvalue weighted by Crippen LogP contribution is -2.27. The van der Waals surface area contributed by atoms with Crippen molar-refractivity contribution in [3.8, 4) is 5.75 Å². The van der Waals surface area contributed by atoms with E-state index in [9.17, 15) is 32.9 Å². The topological polar surface area (TPSA) is 153 Å². The summed E-state index contributed by atoms with van der Waals surface area (Å²) in [7, 11) is -4.19. The van der Waals surface area contributed by atoms with E-state index >= 15 is 0 Å². The molecule has 39 heavy (non-hydrogen) atoms. The Morgan fingerprint density at radius 1 is 1.13 bits per heavy atom. The zero-order valence-corrected chi connectivity index (χ0v) is 23.2. The number of nitrogens with one attached hydrogen (secondary N) is 1. The van der Waals surface area contributed by atoms with Crippen LogP contribution in [-0.2, 0) is 26.3 Å². The van der Waals surface area contributed by atoms with Gasteiger partial charge in [-0.05, 0) is 75.7 Å².